The highest BCUT2D eigenvalue weighted by atomic mass is 16.2. The Kier molecular flexibility index (Phi) is 7.47. The smallest absolute Gasteiger partial charge is 0.254 e. The zero-order valence-electron chi connectivity index (χ0n) is 21.4. The third kappa shape index (κ3) is 5.42. The molecular weight excluding hydrogens is 434 g/mol. The highest BCUT2D eigenvalue weighted by Crippen LogP contribution is 2.38. The van der Waals surface area contributed by atoms with Crippen LogP contribution in [0.1, 0.15) is 82.6 Å². The van der Waals surface area contributed by atoms with Crippen molar-refractivity contribution in [3.63, 3.8) is 0 Å². The number of rotatable bonds is 9. The van der Waals surface area contributed by atoms with E-state index in [1.807, 2.05) is 0 Å². The molecule has 1 aliphatic heterocycles. The van der Waals surface area contributed by atoms with E-state index in [1.54, 1.807) is 11.9 Å². The van der Waals surface area contributed by atoms with Crippen LogP contribution in [0, 0.1) is 17.2 Å². The molecule has 2 aromatic rings. The molecule has 4 N–H and O–H groups in total. The predicted octanol–water partition coefficient (Wildman–Crippen LogP) is 5.34. The first kappa shape index (κ1) is 24.4. The molecule has 1 aromatic heterocycles. The van der Waals surface area contributed by atoms with Crippen LogP contribution in [0.25, 0.3) is 10.9 Å². The lowest BCUT2D eigenvalue weighted by Crippen LogP contribution is -2.50. The van der Waals surface area contributed by atoms with Crippen molar-refractivity contribution in [1.82, 2.24) is 20.5 Å². The Morgan fingerprint density at radius 1 is 1.09 bits per heavy atom. The van der Waals surface area contributed by atoms with Gasteiger partial charge in [-0.1, -0.05) is 63.1 Å². The zero-order chi connectivity index (χ0) is 24.3. The standard InChI is InChI=1S/C29H43N5O/c1-34-27(35)29(33-28(34)30,16-14-21-8-3-2-4-9-21)19-22-10-7-11-24(18-22)31-17-15-23-20-32-26-13-6-5-12-25(23)26/h5-6,12-13,20-22,24,31-32H,2-4,7-11,14-19H2,1H3,(H2,30,33)/t22-,24+,29+/m0/s1. The molecule has 1 saturated heterocycles. The van der Waals surface area contributed by atoms with Crippen LogP contribution in [-0.2, 0) is 11.2 Å². The van der Waals surface area contributed by atoms with Gasteiger partial charge in [-0.15, -0.1) is 0 Å². The number of benzene rings is 1. The van der Waals surface area contributed by atoms with E-state index in [1.165, 1.54) is 67.8 Å². The van der Waals surface area contributed by atoms with Crippen molar-refractivity contribution in [3.8, 4) is 0 Å². The third-order valence-electron chi connectivity index (χ3n) is 9.03. The highest BCUT2D eigenvalue weighted by Gasteiger charge is 2.49. The molecule has 2 heterocycles. The van der Waals surface area contributed by atoms with Gasteiger partial charge in [0.1, 0.15) is 5.54 Å². The molecule has 3 aliphatic rings. The summed E-state index contributed by atoms with van der Waals surface area (Å²) in [6.07, 6.45) is 17.4. The van der Waals surface area contributed by atoms with Crippen molar-refractivity contribution in [1.29, 1.82) is 5.41 Å². The summed E-state index contributed by atoms with van der Waals surface area (Å²) in [5.41, 5.74) is 2.02. The average Bonchev–Trinajstić information content (AvgIpc) is 3.38. The molecule has 2 aliphatic carbocycles. The number of guanidine groups is 1. The maximum atomic E-state index is 13.4. The largest absolute Gasteiger partial charge is 0.361 e. The lowest BCUT2D eigenvalue weighted by molar-refractivity contribution is -0.131. The van der Waals surface area contributed by atoms with Gasteiger partial charge in [0, 0.05) is 30.2 Å². The van der Waals surface area contributed by atoms with Crippen LogP contribution < -0.4 is 10.6 Å². The van der Waals surface area contributed by atoms with E-state index < -0.39 is 5.54 Å². The van der Waals surface area contributed by atoms with E-state index in [9.17, 15) is 4.79 Å². The summed E-state index contributed by atoms with van der Waals surface area (Å²) in [6.45, 7) is 0.983. The van der Waals surface area contributed by atoms with Crippen LogP contribution >= 0.6 is 0 Å². The zero-order valence-corrected chi connectivity index (χ0v) is 21.4. The summed E-state index contributed by atoms with van der Waals surface area (Å²) < 4.78 is 0. The average molecular weight is 478 g/mol. The fraction of sp³-hybridized carbons (Fsp3) is 0.655. The number of carbonyl (C=O) groups is 1. The first-order chi connectivity index (χ1) is 17.0. The minimum atomic E-state index is -0.570. The number of aromatic amines is 1. The monoisotopic (exact) mass is 477 g/mol. The maximum absolute atomic E-state index is 13.4. The van der Waals surface area contributed by atoms with Gasteiger partial charge in [-0.2, -0.15) is 0 Å². The van der Waals surface area contributed by atoms with Gasteiger partial charge < -0.3 is 15.6 Å². The number of likely N-dealkylation sites (N-methyl/N-ethyl adjacent to an activating group) is 1. The van der Waals surface area contributed by atoms with Crippen LogP contribution in [0.2, 0.25) is 0 Å². The SMILES string of the molecule is CN1C(=N)N[C@](CCC2CCCCC2)(C[C@H]2CCC[C@@H](NCCc3c[nH]c4ccccc34)C2)C1=O. The number of fused-ring (bicyclic) bond motifs is 1. The van der Waals surface area contributed by atoms with Crippen molar-refractivity contribution < 1.29 is 4.79 Å². The molecule has 0 radical (unpaired) electrons. The van der Waals surface area contributed by atoms with E-state index in [-0.39, 0.29) is 11.9 Å². The van der Waals surface area contributed by atoms with E-state index in [0.29, 0.717) is 12.0 Å². The van der Waals surface area contributed by atoms with Crippen LogP contribution in [-0.4, -0.2) is 46.9 Å². The van der Waals surface area contributed by atoms with Gasteiger partial charge in [-0.3, -0.25) is 15.1 Å². The van der Waals surface area contributed by atoms with E-state index in [0.717, 1.165) is 44.6 Å². The minimum Gasteiger partial charge on any atom is -0.361 e. The Morgan fingerprint density at radius 3 is 2.69 bits per heavy atom. The number of aromatic nitrogens is 1. The Morgan fingerprint density at radius 2 is 1.89 bits per heavy atom. The lowest BCUT2D eigenvalue weighted by Gasteiger charge is -2.37. The molecule has 3 atom stereocenters. The quantitative estimate of drug-likeness (QED) is 0.393. The summed E-state index contributed by atoms with van der Waals surface area (Å²) in [5, 5.41) is 16.9. The van der Waals surface area contributed by atoms with Crippen molar-refractivity contribution in [2.24, 2.45) is 11.8 Å². The molecule has 0 unspecified atom stereocenters. The summed E-state index contributed by atoms with van der Waals surface area (Å²) in [6, 6.07) is 9.04. The third-order valence-corrected chi connectivity index (χ3v) is 9.03. The second kappa shape index (κ2) is 10.7. The number of hydrogen-bond donors (Lipinski definition) is 4. The first-order valence-electron chi connectivity index (χ1n) is 14.0. The number of carbonyl (C=O) groups excluding carboxylic acids is 1. The van der Waals surface area contributed by atoms with Gasteiger partial charge in [0.05, 0.1) is 0 Å². The van der Waals surface area contributed by atoms with E-state index >= 15 is 0 Å². The maximum Gasteiger partial charge on any atom is 0.254 e. The molecule has 1 amide bonds. The highest BCUT2D eigenvalue weighted by molar-refractivity contribution is 6.07. The molecule has 0 spiro atoms. The van der Waals surface area contributed by atoms with Crippen LogP contribution in [0.3, 0.4) is 0 Å². The number of amides is 1. The molecule has 1 aromatic carbocycles. The Bertz CT molecular complexity index is 1030. The topological polar surface area (TPSA) is 84.0 Å². The van der Waals surface area contributed by atoms with Crippen LogP contribution in [0.5, 0.6) is 0 Å². The summed E-state index contributed by atoms with van der Waals surface area (Å²) in [5.74, 6) is 1.67. The number of hydrogen-bond acceptors (Lipinski definition) is 3. The second-order valence-electron chi connectivity index (χ2n) is 11.5. The molecule has 2 saturated carbocycles. The molecule has 6 heteroatoms. The number of nitrogens with zero attached hydrogens (tertiary/aromatic N) is 1. The Balaban J connectivity index is 1.17. The molecule has 6 nitrogen and oxygen atoms in total. The van der Waals surface area contributed by atoms with E-state index in [2.05, 4.69) is 46.1 Å². The molecule has 190 valence electrons. The van der Waals surface area contributed by atoms with Gasteiger partial charge in [-0.05, 0) is 68.5 Å². The summed E-state index contributed by atoms with van der Waals surface area (Å²) >= 11 is 0. The van der Waals surface area contributed by atoms with Gasteiger partial charge in [-0.25, -0.2) is 0 Å². The van der Waals surface area contributed by atoms with Crippen molar-refractivity contribution >= 4 is 22.8 Å². The van der Waals surface area contributed by atoms with Crippen LogP contribution in [0.4, 0.5) is 0 Å². The van der Waals surface area contributed by atoms with Crippen molar-refractivity contribution in [2.75, 3.05) is 13.6 Å². The van der Waals surface area contributed by atoms with Gasteiger partial charge in [0.2, 0.25) is 0 Å². The Labute approximate surface area is 210 Å². The summed E-state index contributed by atoms with van der Waals surface area (Å²) in [7, 11) is 1.76. The predicted molar refractivity (Wildman–Crippen MR) is 143 cm³/mol. The van der Waals surface area contributed by atoms with Gasteiger partial charge in [0.25, 0.3) is 5.91 Å². The second-order valence-corrected chi connectivity index (χ2v) is 11.5. The molecule has 0 bridgehead atoms. The normalized spacial score (nSPS) is 28.1. The van der Waals surface area contributed by atoms with E-state index in [4.69, 9.17) is 5.41 Å². The minimum absolute atomic E-state index is 0.118. The van der Waals surface area contributed by atoms with Crippen molar-refractivity contribution in [3.05, 3.63) is 36.0 Å². The van der Waals surface area contributed by atoms with Gasteiger partial charge >= 0.3 is 0 Å². The van der Waals surface area contributed by atoms with Crippen molar-refractivity contribution in [2.45, 2.75) is 95.1 Å². The number of H-pyrrole nitrogens is 1. The number of para-hydroxylation sites is 1. The summed E-state index contributed by atoms with van der Waals surface area (Å²) in [4.78, 5) is 18.3. The molecule has 35 heavy (non-hydrogen) atoms. The number of nitrogens with one attached hydrogen (secondary N) is 4. The molecule has 3 fully saturated rings. The lowest BCUT2D eigenvalue weighted by atomic mass is 9.74. The fourth-order valence-corrected chi connectivity index (χ4v) is 7.03. The molecule has 5 rings (SSSR count). The van der Waals surface area contributed by atoms with Gasteiger partial charge in [0.15, 0.2) is 5.96 Å². The molecular formula is C29H43N5O. The first-order valence-corrected chi connectivity index (χ1v) is 14.0. The Hall–Kier alpha value is -2.34. The fourth-order valence-electron chi connectivity index (χ4n) is 7.03. The van der Waals surface area contributed by atoms with Crippen LogP contribution in [0.15, 0.2) is 30.5 Å².